The molecule has 1 aliphatic heterocycles. The molecule has 262 valence electrons. The van der Waals surface area contributed by atoms with Crippen molar-refractivity contribution in [3.8, 4) is 23.0 Å². The Bertz CT molecular complexity index is 1400. The van der Waals surface area contributed by atoms with Gasteiger partial charge in [0.05, 0.1) is 65.5 Å². The highest BCUT2D eigenvalue weighted by Crippen LogP contribution is 2.34. The number of hydrogen-bond donors (Lipinski definition) is 2. The van der Waals surface area contributed by atoms with Crippen molar-refractivity contribution < 1.29 is 43.1 Å². The molecule has 0 spiro atoms. The van der Waals surface area contributed by atoms with Gasteiger partial charge in [0.2, 0.25) is 5.91 Å². The van der Waals surface area contributed by atoms with E-state index in [4.69, 9.17) is 38.9 Å². The van der Waals surface area contributed by atoms with Crippen LogP contribution in [0.25, 0.3) is 0 Å². The lowest BCUT2D eigenvalue weighted by atomic mass is 9.84. The van der Waals surface area contributed by atoms with Gasteiger partial charge in [-0.2, -0.15) is 0 Å². The fourth-order valence-electron chi connectivity index (χ4n) is 5.71. The van der Waals surface area contributed by atoms with E-state index in [-0.39, 0.29) is 25.0 Å². The van der Waals surface area contributed by atoms with Gasteiger partial charge in [0.25, 0.3) is 0 Å². The van der Waals surface area contributed by atoms with Crippen molar-refractivity contribution in [2.24, 2.45) is 5.73 Å². The van der Waals surface area contributed by atoms with Gasteiger partial charge in [-0.1, -0.05) is 36.4 Å². The minimum Gasteiger partial charge on any atom is -0.496 e. The molecule has 0 saturated carbocycles. The molecule has 11 heteroatoms. The molecule has 1 amide bonds. The molecule has 4 atom stereocenters. The Kier molecular flexibility index (Phi) is 14.8. The zero-order valence-electron chi connectivity index (χ0n) is 28.5. The SMILES string of the molecule is COCCCOc1cc(COC2CN(C(=O)C(C)N)CC(O)C2c2ccc(OCCCOCc3ccccc3OC)cc2)ccc1OC. The molecule has 1 aliphatic rings. The number of amides is 1. The molecular weight excluding hydrogens is 616 g/mol. The number of likely N-dealkylation sites (tertiary alicyclic amines) is 1. The summed E-state index contributed by atoms with van der Waals surface area (Å²) in [7, 11) is 4.91. The maximum atomic E-state index is 12.8. The quantitative estimate of drug-likeness (QED) is 0.178. The summed E-state index contributed by atoms with van der Waals surface area (Å²) in [5.74, 6) is 2.17. The average Bonchev–Trinajstić information content (AvgIpc) is 3.10. The fraction of sp³-hybridized carbons (Fsp3) is 0.486. The molecule has 11 nitrogen and oxygen atoms in total. The zero-order chi connectivity index (χ0) is 34.3. The van der Waals surface area contributed by atoms with Crippen LogP contribution in [0.1, 0.15) is 42.4 Å². The van der Waals surface area contributed by atoms with Crippen LogP contribution in [0, 0.1) is 0 Å². The van der Waals surface area contributed by atoms with Crippen LogP contribution < -0.4 is 24.7 Å². The summed E-state index contributed by atoms with van der Waals surface area (Å²) in [6.07, 6.45) is 0.128. The number of carbonyl (C=O) groups excluding carboxylic acids is 1. The van der Waals surface area contributed by atoms with Crippen LogP contribution in [0.2, 0.25) is 0 Å². The third-order valence-electron chi connectivity index (χ3n) is 8.18. The van der Waals surface area contributed by atoms with Crippen molar-refractivity contribution in [3.63, 3.8) is 0 Å². The van der Waals surface area contributed by atoms with Gasteiger partial charge in [-0.05, 0) is 48.4 Å². The Morgan fingerprint density at radius 1 is 0.854 bits per heavy atom. The number of aliphatic hydroxyl groups is 1. The molecule has 0 bridgehead atoms. The maximum Gasteiger partial charge on any atom is 0.239 e. The average molecular weight is 667 g/mol. The number of nitrogens with two attached hydrogens (primary N) is 1. The number of methoxy groups -OCH3 is 3. The highest BCUT2D eigenvalue weighted by atomic mass is 16.5. The summed E-state index contributed by atoms with van der Waals surface area (Å²) in [5, 5.41) is 11.3. The predicted octanol–water partition coefficient (Wildman–Crippen LogP) is 4.32. The van der Waals surface area contributed by atoms with Crippen LogP contribution in [0.15, 0.2) is 66.7 Å². The Labute approximate surface area is 283 Å². The first-order chi connectivity index (χ1) is 23.3. The minimum absolute atomic E-state index is 0.167. The summed E-state index contributed by atoms with van der Waals surface area (Å²) in [6, 6.07) is 20.4. The van der Waals surface area contributed by atoms with Crippen molar-refractivity contribution >= 4 is 5.91 Å². The van der Waals surface area contributed by atoms with Gasteiger partial charge in [-0.15, -0.1) is 0 Å². The molecule has 0 radical (unpaired) electrons. The second-order valence-corrected chi connectivity index (χ2v) is 11.8. The lowest BCUT2D eigenvalue weighted by Crippen LogP contribution is -2.56. The molecule has 1 saturated heterocycles. The Morgan fingerprint density at radius 3 is 2.31 bits per heavy atom. The van der Waals surface area contributed by atoms with Crippen LogP contribution in [-0.4, -0.2) is 95.0 Å². The molecule has 0 aliphatic carbocycles. The molecule has 4 rings (SSSR count). The van der Waals surface area contributed by atoms with E-state index in [9.17, 15) is 9.90 Å². The monoisotopic (exact) mass is 666 g/mol. The number of para-hydroxylation sites is 1. The third kappa shape index (κ3) is 10.6. The van der Waals surface area contributed by atoms with Crippen LogP contribution in [0.3, 0.4) is 0 Å². The van der Waals surface area contributed by atoms with Crippen LogP contribution in [-0.2, 0) is 32.2 Å². The lowest BCUT2D eigenvalue weighted by molar-refractivity contribution is -0.143. The lowest BCUT2D eigenvalue weighted by Gasteiger charge is -2.42. The second-order valence-electron chi connectivity index (χ2n) is 11.8. The van der Waals surface area contributed by atoms with Crippen molar-refractivity contribution in [2.45, 2.75) is 57.1 Å². The number of β-amino-alcohol motifs (C(OH)–C–C–N with tert-alkyl or cyclic N) is 1. The van der Waals surface area contributed by atoms with E-state index < -0.39 is 18.2 Å². The predicted molar refractivity (Wildman–Crippen MR) is 182 cm³/mol. The minimum atomic E-state index is -0.853. The molecule has 1 heterocycles. The first-order valence-electron chi connectivity index (χ1n) is 16.4. The molecule has 48 heavy (non-hydrogen) atoms. The van der Waals surface area contributed by atoms with Crippen LogP contribution in [0.5, 0.6) is 23.0 Å². The summed E-state index contributed by atoms with van der Waals surface area (Å²) < 4.78 is 40.1. The molecule has 1 fully saturated rings. The first-order valence-corrected chi connectivity index (χ1v) is 16.4. The molecule has 3 aromatic carbocycles. The summed E-state index contributed by atoms with van der Waals surface area (Å²) in [5.41, 5.74) is 8.69. The van der Waals surface area contributed by atoms with E-state index >= 15 is 0 Å². The van der Waals surface area contributed by atoms with E-state index in [0.717, 1.165) is 41.0 Å². The normalized spacial score (nSPS) is 18.3. The largest absolute Gasteiger partial charge is 0.496 e. The molecule has 4 unspecified atom stereocenters. The number of ether oxygens (including phenoxy) is 7. The van der Waals surface area contributed by atoms with Crippen molar-refractivity contribution in [1.29, 1.82) is 0 Å². The number of piperidine rings is 1. The van der Waals surface area contributed by atoms with Crippen LogP contribution >= 0.6 is 0 Å². The van der Waals surface area contributed by atoms with Gasteiger partial charge >= 0.3 is 0 Å². The van der Waals surface area contributed by atoms with E-state index in [1.807, 2.05) is 66.7 Å². The Morgan fingerprint density at radius 2 is 1.58 bits per heavy atom. The topological polar surface area (TPSA) is 131 Å². The number of nitrogens with zero attached hydrogens (tertiary/aromatic N) is 1. The first kappa shape index (κ1) is 37.0. The van der Waals surface area contributed by atoms with Crippen LogP contribution in [0.4, 0.5) is 0 Å². The number of carbonyl (C=O) groups is 1. The molecular formula is C37H50N2O9. The van der Waals surface area contributed by atoms with Gasteiger partial charge in [-0.3, -0.25) is 4.79 Å². The van der Waals surface area contributed by atoms with E-state index in [2.05, 4.69) is 0 Å². The number of benzene rings is 3. The maximum absolute atomic E-state index is 12.8. The number of hydrogen-bond acceptors (Lipinski definition) is 10. The van der Waals surface area contributed by atoms with Gasteiger partial charge in [-0.25, -0.2) is 0 Å². The smallest absolute Gasteiger partial charge is 0.239 e. The van der Waals surface area contributed by atoms with E-state index in [1.54, 1.807) is 33.2 Å². The Balaban J connectivity index is 1.37. The van der Waals surface area contributed by atoms with E-state index in [1.165, 1.54) is 0 Å². The van der Waals surface area contributed by atoms with Gasteiger partial charge in [0.15, 0.2) is 11.5 Å². The summed E-state index contributed by atoms with van der Waals surface area (Å²) in [4.78, 5) is 14.4. The van der Waals surface area contributed by atoms with Gasteiger partial charge < -0.3 is 48.9 Å². The Hall–Kier alpha value is -3.87. The molecule has 3 aromatic rings. The highest BCUT2D eigenvalue weighted by Gasteiger charge is 2.40. The zero-order valence-corrected chi connectivity index (χ0v) is 28.5. The van der Waals surface area contributed by atoms with Gasteiger partial charge in [0, 0.05) is 51.1 Å². The van der Waals surface area contributed by atoms with Crippen molar-refractivity contribution in [1.82, 2.24) is 4.90 Å². The van der Waals surface area contributed by atoms with E-state index in [0.29, 0.717) is 51.1 Å². The third-order valence-corrected chi connectivity index (χ3v) is 8.18. The molecule has 3 N–H and O–H groups in total. The summed E-state index contributed by atoms with van der Waals surface area (Å²) in [6.45, 7) is 4.96. The number of rotatable bonds is 19. The fourth-order valence-corrected chi connectivity index (χ4v) is 5.71. The van der Waals surface area contributed by atoms with Gasteiger partial charge in [0.1, 0.15) is 11.5 Å². The summed E-state index contributed by atoms with van der Waals surface area (Å²) >= 11 is 0. The van der Waals surface area contributed by atoms with Crippen molar-refractivity contribution in [2.75, 3.05) is 60.8 Å². The number of aliphatic hydroxyl groups excluding tert-OH is 1. The standard InChI is InChI=1S/C37H50N2O9/c1-26(38)37(41)39-22-31(40)36(35(23-39)48-24-27-11-16-33(44-4)34(21-27)47-20-7-17-42-2)28-12-14-30(15-13-28)46-19-8-18-45-25-29-9-5-6-10-32(29)43-3/h5-6,9-16,21,26,31,35-36,40H,7-8,17-20,22-25,38H2,1-4H3. The highest BCUT2D eigenvalue weighted by molar-refractivity contribution is 5.81. The van der Waals surface area contributed by atoms with Crippen molar-refractivity contribution in [3.05, 3.63) is 83.4 Å². The second kappa shape index (κ2) is 19.2. The molecule has 0 aromatic heterocycles.